The van der Waals surface area contributed by atoms with Gasteiger partial charge in [-0.25, -0.2) is 0 Å². The van der Waals surface area contributed by atoms with Crippen molar-refractivity contribution in [3.8, 4) is 0 Å². The zero-order chi connectivity index (χ0) is 11.6. The molecule has 0 spiro atoms. The van der Waals surface area contributed by atoms with E-state index >= 15 is 0 Å². The number of hydrogen-bond acceptors (Lipinski definition) is 3. The predicted octanol–water partition coefficient (Wildman–Crippen LogP) is 1.96. The van der Waals surface area contributed by atoms with Crippen LogP contribution >= 0.6 is 0 Å². The van der Waals surface area contributed by atoms with Gasteiger partial charge in [0.1, 0.15) is 0 Å². The molecule has 1 fully saturated rings. The maximum Gasteiger partial charge on any atom is 0.0620 e. The Kier molecular flexibility index (Phi) is 7.81. The molecule has 1 atom stereocenters. The molecule has 0 bridgehead atoms. The van der Waals surface area contributed by atoms with Crippen LogP contribution in [-0.2, 0) is 0 Å². The van der Waals surface area contributed by atoms with Gasteiger partial charge in [-0.2, -0.15) is 0 Å². The molecule has 0 aromatic rings. The third-order valence-electron chi connectivity index (χ3n) is 3.42. The van der Waals surface area contributed by atoms with E-state index in [-0.39, 0.29) is 0 Å². The molecule has 1 aliphatic heterocycles. The van der Waals surface area contributed by atoms with Crippen LogP contribution in [0.15, 0.2) is 0 Å². The van der Waals surface area contributed by atoms with Gasteiger partial charge >= 0.3 is 0 Å². The Morgan fingerprint density at radius 2 is 1.94 bits per heavy atom. The molecule has 2 N–H and O–H groups in total. The highest BCUT2D eigenvalue weighted by Gasteiger charge is 2.21. The molecule has 0 saturated carbocycles. The Morgan fingerprint density at radius 1 is 1.19 bits per heavy atom. The molecule has 0 amide bonds. The maximum absolute atomic E-state index is 8.95. The van der Waals surface area contributed by atoms with E-state index in [4.69, 9.17) is 5.11 Å². The smallest absolute Gasteiger partial charge is 0.0620 e. The van der Waals surface area contributed by atoms with Crippen molar-refractivity contribution in [1.29, 1.82) is 0 Å². The summed E-state index contributed by atoms with van der Waals surface area (Å²) in [5, 5.41) is 12.4. The van der Waals surface area contributed by atoms with Gasteiger partial charge in [0, 0.05) is 19.7 Å². The quantitative estimate of drug-likeness (QED) is 0.592. The van der Waals surface area contributed by atoms with Crippen LogP contribution in [0.2, 0.25) is 0 Å². The second-order valence-electron chi connectivity index (χ2n) is 4.79. The Balaban J connectivity index is 1.99. The number of nitrogens with zero attached hydrogens (tertiary/aromatic N) is 1. The number of nitrogens with one attached hydrogen (secondary N) is 1. The topological polar surface area (TPSA) is 35.5 Å². The van der Waals surface area contributed by atoms with Crippen molar-refractivity contribution in [3.05, 3.63) is 0 Å². The lowest BCUT2D eigenvalue weighted by molar-refractivity contribution is 0.182. The fourth-order valence-corrected chi connectivity index (χ4v) is 2.43. The molecular weight excluding hydrogens is 200 g/mol. The molecule has 3 heteroatoms. The van der Waals surface area contributed by atoms with Crippen LogP contribution in [0.5, 0.6) is 0 Å². The molecule has 0 radical (unpaired) electrons. The zero-order valence-corrected chi connectivity index (χ0v) is 10.7. The van der Waals surface area contributed by atoms with E-state index in [2.05, 4.69) is 17.1 Å². The highest BCUT2D eigenvalue weighted by atomic mass is 16.3. The first kappa shape index (κ1) is 13.9. The second kappa shape index (κ2) is 8.97. The zero-order valence-electron chi connectivity index (χ0n) is 10.7. The van der Waals surface area contributed by atoms with Crippen LogP contribution in [0, 0.1) is 0 Å². The van der Waals surface area contributed by atoms with Gasteiger partial charge in [0.2, 0.25) is 0 Å². The second-order valence-corrected chi connectivity index (χ2v) is 4.79. The van der Waals surface area contributed by atoms with Gasteiger partial charge in [-0.3, -0.25) is 4.90 Å². The normalized spacial score (nSPS) is 21.8. The van der Waals surface area contributed by atoms with Gasteiger partial charge in [-0.05, 0) is 19.4 Å². The predicted molar refractivity (Wildman–Crippen MR) is 68.4 cm³/mol. The van der Waals surface area contributed by atoms with E-state index in [0.29, 0.717) is 12.8 Å². The number of hydrogen-bond donors (Lipinski definition) is 2. The monoisotopic (exact) mass is 228 g/mol. The highest BCUT2D eigenvalue weighted by molar-refractivity contribution is 4.77. The maximum atomic E-state index is 8.95. The molecule has 0 aromatic heterocycles. The summed E-state index contributed by atoms with van der Waals surface area (Å²) in [6.07, 6.45) is 9.48. The first-order chi connectivity index (χ1) is 7.88. The number of aliphatic hydroxyl groups excluding tert-OH is 1. The highest BCUT2D eigenvalue weighted by Crippen LogP contribution is 2.10. The van der Waals surface area contributed by atoms with Gasteiger partial charge in [0.15, 0.2) is 0 Å². The van der Waals surface area contributed by atoms with Crippen molar-refractivity contribution >= 4 is 0 Å². The summed E-state index contributed by atoms with van der Waals surface area (Å²) in [6.45, 7) is 5.99. The largest absolute Gasteiger partial charge is 0.396 e. The Morgan fingerprint density at radius 3 is 2.69 bits per heavy atom. The molecule has 1 heterocycles. The van der Waals surface area contributed by atoms with E-state index < -0.39 is 0 Å². The van der Waals surface area contributed by atoms with Gasteiger partial charge in [0.25, 0.3) is 0 Å². The van der Waals surface area contributed by atoms with Gasteiger partial charge in [-0.15, -0.1) is 0 Å². The van der Waals surface area contributed by atoms with Gasteiger partial charge in [0.05, 0.1) is 6.17 Å². The summed E-state index contributed by atoms with van der Waals surface area (Å²) < 4.78 is 0. The molecule has 1 aliphatic rings. The van der Waals surface area contributed by atoms with Crippen LogP contribution in [0.4, 0.5) is 0 Å². The fourth-order valence-electron chi connectivity index (χ4n) is 2.43. The van der Waals surface area contributed by atoms with Crippen LogP contribution in [0.25, 0.3) is 0 Å². The first-order valence-electron chi connectivity index (χ1n) is 6.96. The minimum absolute atomic E-state index is 0.296. The Bertz CT molecular complexity index is 164. The van der Waals surface area contributed by atoms with Crippen molar-refractivity contribution in [3.63, 3.8) is 0 Å². The number of aliphatic hydroxyl groups is 1. The van der Waals surface area contributed by atoms with Crippen molar-refractivity contribution < 1.29 is 5.11 Å². The Labute approximate surface area is 100 Å². The molecule has 3 nitrogen and oxygen atoms in total. The number of unbranched alkanes of at least 4 members (excludes halogenated alkanes) is 5. The van der Waals surface area contributed by atoms with Crippen molar-refractivity contribution in [2.45, 2.75) is 58.0 Å². The van der Waals surface area contributed by atoms with Gasteiger partial charge in [-0.1, -0.05) is 39.0 Å². The van der Waals surface area contributed by atoms with Crippen LogP contribution in [-0.4, -0.2) is 42.4 Å². The first-order valence-corrected chi connectivity index (χ1v) is 6.96. The summed E-state index contributed by atoms with van der Waals surface area (Å²) in [7, 11) is 0. The van der Waals surface area contributed by atoms with Crippen LogP contribution in [0.3, 0.4) is 0 Å². The minimum Gasteiger partial charge on any atom is -0.396 e. The molecule has 1 saturated heterocycles. The summed E-state index contributed by atoms with van der Waals surface area (Å²) in [5.41, 5.74) is 0. The summed E-state index contributed by atoms with van der Waals surface area (Å²) in [4.78, 5) is 2.48. The van der Waals surface area contributed by atoms with Crippen LogP contribution in [0.1, 0.15) is 51.9 Å². The third-order valence-corrected chi connectivity index (χ3v) is 3.42. The lowest BCUT2D eigenvalue weighted by Crippen LogP contribution is -2.37. The SMILES string of the molecule is CCCCCCCCN1CCNC1CCO. The van der Waals surface area contributed by atoms with Crippen molar-refractivity contribution in [2.24, 2.45) is 0 Å². The average Bonchev–Trinajstić information content (AvgIpc) is 2.72. The minimum atomic E-state index is 0.296. The van der Waals surface area contributed by atoms with E-state index in [1.165, 1.54) is 45.1 Å². The van der Waals surface area contributed by atoms with Crippen molar-refractivity contribution in [1.82, 2.24) is 10.2 Å². The van der Waals surface area contributed by atoms with E-state index in [1.54, 1.807) is 0 Å². The molecule has 1 rings (SSSR count). The Hall–Kier alpha value is -0.120. The standard InChI is InChI=1S/C13H28N2O/c1-2-3-4-5-6-7-10-15-11-9-14-13(15)8-12-16/h13-14,16H,2-12H2,1H3. The van der Waals surface area contributed by atoms with Gasteiger partial charge < -0.3 is 10.4 Å². The van der Waals surface area contributed by atoms with E-state index in [0.717, 1.165) is 19.5 Å². The lowest BCUT2D eigenvalue weighted by Gasteiger charge is -2.23. The molecule has 1 unspecified atom stereocenters. The summed E-state index contributed by atoms with van der Waals surface area (Å²) in [6, 6.07) is 0. The van der Waals surface area contributed by atoms with Crippen molar-refractivity contribution in [2.75, 3.05) is 26.2 Å². The third kappa shape index (κ3) is 5.28. The summed E-state index contributed by atoms with van der Waals surface area (Å²) in [5.74, 6) is 0. The van der Waals surface area contributed by atoms with E-state index in [1.807, 2.05) is 0 Å². The lowest BCUT2D eigenvalue weighted by atomic mass is 10.1. The van der Waals surface area contributed by atoms with Crippen LogP contribution < -0.4 is 5.32 Å². The molecule has 0 aliphatic carbocycles. The molecule has 16 heavy (non-hydrogen) atoms. The molecule has 0 aromatic carbocycles. The number of rotatable bonds is 9. The molecular formula is C13H28N2O. The average molecular weight is 228 g/mol. The van der Waals surface area contributed by atoms with E-state index in [9.17, 15) is 0 Å². The molecule has 96 valence electrons. The fraction of sp³-hybridized carbons (Fsp3) is 1.00. The summed E-state index contributed by atoms with van der Waals surface area (Å²) >= 11 is 0.